The van der Waals surface area contributed by atoms with Crippen LogP contribution in [0.4, 0.5) is 5.13 Å². The van der Waals surface area contributed by atoms with Gasteiger partial charge in [-0.2, -0.15) is 0 Å². The van der Waals surface area contributed by atoms with Gasteiger partial charge in [-0.3, -0.25) is 0 Å². The molecule has 0 saturated carbocycles. The fraction of sp³-hybridized carbons (Fsp3) is 0.500. The van der Waals surface area contributed by atoms with Crippen LogP contribution < -0.4 is 10.6 Å². The number of aryl methyl sites for hydroxylation is 2. The Morgan fingerprint density at radius 3 is 2.83 bits per heavy atom. The Morgan fingerprint density at radius 1 is 1.28 bits per heavy atom. The van der Waals surface area contributed by atoms with E-state index in [2.05, 4.69) is 36.6 Å². The number of thiazole rings is 1. The maximum atomic E-state index is 4.75. The standard InChI is InChI=1S/C14H19N3S/c1-9-3-4-12-13(10(9)2)17-14(18-12)16-11-5-7-15-8-6-11/h3-4,11,15H,5-8H2,1-2H3,(H,16,17). The number of piperidine rings is 1. The van der Waals surface area contributed by atoms with Gasteiger partial charge in [0.1, 0.15) is 0 Å². The molecule has 1 aromatic carbocycles. The molecule has 1 aromatic heterocycles. The fourth-order valence-electron chi connectivity index (χ4n) is 2.43. The number of hydrogen-bond acceptors (Lipinski definition) is 4. The van der Waals surface area contributed by atoms with Crippen LogP contribution in [0, 0.1) is 13.8 Å². The van der Waals surface area contributed by atoms with Gasteiger partial charge in [0.05, 0.1) is 10.2 Å². The van der Waals surface area contributed by atoms with Crippen molar-refractivity contribution >= 4 is 26.7 Å². The van der Waals surface area contributed by atoms with E-state index in [1.165, 1.54) is 28.7 Å². The van der Waals surface area contributed by atoms with Crippen LogP contribution in [-0.4, -0.2) is 24.1 Å². The van der Waals surface area contributed by atoms with Gasteiger partial charge in [-0.05, 0) is 57.0 Å². The Labute approximate surface area is 112 Å². The van der Waals surface area contributed by atoms with Gasteiger partial charge in [-0.1, -0.05) is 17.4 Å². The first-order valence-electron chi connectivity index (χ1n) is 6.58. The molecule has 2 N–H and O–H groups in total. The summed E-state index contributed by atoms with van der Waals surface area (Å²) in [7, 11) is 0. The molecular formula is C14H19N3S. The summed E-state index contributed by atoms with van der Waals surface area (Å²) in [6, 6.07) is 4.95. The molecule has 0 bridgehead atoms. The summed E-state index contributed by atoms with van der Waals surface area (Å²) in [5.74, 6) is 0. The van der Waals surface area contributed by atoms with Gasteiger partial charge in [0.2, 0.25) is 0 Å². The smallest absolute Gasteiger partial charge is 0.184 e. The Kier molecular flexibility index (Phi) is 3.22. The molecule has 0 spiro atoms. The van der Waals surface area contributed by atoms with Crippen LogP contribution in [0.15, 0.2) is 12.1 Å². The van der Waals surface area contributed by atoms with E-state index in [1.54, 1.807) is 11.3 Å². The molecule has 1 aliphatic heterocycles. The van der Waals surface area contributed by atoms with Crippen molar-refractivity contribution in [3.05, 3.63) is 23.3 Å². The summed E-state index contributed by atoms with van der Waals surface area (Å²) < 4.78 is 1.29. The van der Waals surface area contributed by atoms with Crippen molar-refractivity contribution in [3.8, 4) is 0 Å². The van der Waals surface area contributed by atoms with Gasteiger partial charge in [0, 0.05) is 6.04 Å². The molecular weight excluding hydrogens is 242 g/mol. The molecule has 2 aromatic rings. The van der Waals surface area contributed by atoms with Gasteiger partial charge in [0.25, 0.3) is 0 Å². The molecule has 3 nitrogen and oxygen atoms in total. The molecule has 0 radical (unpaired) electrons. The van der Waals surface area contributed by atoms with Crippen molar-refractivity contribution < 1.29 is 0 Å². The highest BCUT2D eigenvalue weighted by molar-refractivity contribution is 7.22. The first-order valence-corrected chi connectivity index (χ1v) is 7.39. The zero-order valence-electron chi connectivity index (χ0n) is 10.9. The number of nitrogens with one attached hydrogen (secondary N) is 2. The molecule has 2 heterocycles. The second kappa shape index (κ2) is 4.86. The summed E-state index contributed by atoms with van der Waals surface area (Å²) in [6.07, 6.45) is 2.38. The molecule has 0 amide bonds. The average Bonchev–Trinajstić information content (AvgIpc) is 2.79. The Balaban J connectivity index is 1.86. The molecule has 18 heavy (non-hydrogen) atoms. The third-order valence-electron chi connectivity index (χ3n) is 3.75. The SMILES string of the molecule is Cc1ccc2sc(NC3CCNCC3)nc2c1C. The maximum absolute atomic E-state index is 4.75. The Hall–Kier alpha value is -1.13. The zero-order valence-corrected chi connectivity index (χ0v) is 11.7. The molecule has 4 heteroatoms. The zero-order chi connectivity index (χ0) is 12.5. The predicted octanol–water partition coefficient (Wildman–Crippen LogP) is 3.08. The number of aromatic nitrogens is 1. The highest BCUT2D eigenvalue weighted by Crippen LogP contribution is 2.30. The van der Waals surface area contributed by atoms with Crippen LogP contribution >= 0.6 is 11.3 Å². The van der Waals surface area contributed by atoms with Crippen molar-refractivity contribution in [3.63, 3.8) is 0 Å². The molecule has 0 atom stereocenters. The van der Waals surface area contributed by atoms with Gasteiger partial charge in [0.15, 0.2) is 5.13 Å². The van der Waals surface area contributed by atoms with E-state index in [1.807, 2.05) is 0 Å². The normalized spacial score (nSPS) is 17.2. The largest absolute Gasteiger partial charge is 0.359 e. The van der Waals surface area contributed by atoms with Crippen molar-refractivity contribution in [1.29, 1.82) is 0 Å². The first kappa shape index (κ1) is 11.9. The molecule has 3 rings (SSSR count). The number of benzene rings is 1. The van der Waals surface area contributed by atoms with E-state index in [-0.39, 0.29) is 0 Å². The molecule has 0 aliphatic carbocycles. The Bertz CT molecular complexity index is 555. The lowest BCUT2D eigenvalue weighted by atomic mass is 10.1. The van der Waals surface area contributed by atoms with Crippen LogP contribution in [0.5, 0.6) is 0 Å². The van der Waals surface area contributed by atoms with Crippen molar-refractivity contribution in [1.82, 2.24) is 10.3 Å². The number of hydrogen-bond donors (Lipinski definition) is 2. The second-order valence-corrected chi connectivity index (χ2v) is 6.07. The molecule has 1 saturated heterocycles. The third-order valence-corrected chi connectivity index (χ3v) is 4.70. The minimum atomic E-state index is 0.577. The van der Waals surface area contributed by atoms with Gasteiger partial charge < -0.3 is 10.6 Å². The van der Waals surface area contributed by atoms with E-state index in [0.29, 0.717) is 6.04 Å². The molecule has 1 fully saturated rings. The quantitative estimate of drug-likeness (QED) is 0.872. The van der Waals surface area contributed by atoms with Crippen LogP contribution in [-0.2, 0) is 0 Å². The Morgan fingerprint density at radius 2 is 2.06 bits per heavy atom. The van der Waals surface area contributed by atoms with Crippen LogP contribution in [0.2, 0.25) is 0 Å². The maximum Gasteiger partial charge on any atom is 0.184 e. The minimum Gasteiger partial charge on any atom is -0.359 e. The van der Waals surface area contributed by atoms with E-state index in [9.17, 15) is 0 Å². The second-order valence-electron chi connectivity index (χ2n) is 5.04. The fourth-order valence-corrected chi connectivity index (χ4v) is 3.43. The van der Waals surface area contributed by atoms with Crippen molar-refractivity contribution in [2.24, 2.45) is 0 Å². The van der Waals surface area contributed by atoms with Crippen LogP contribution in [0.25, 0.3) is 10.2 Å². The lowest BCUT2D eigenvalue weighted by molar-refractivity contribution is 0.479. The van der Waals surface area contributed by atoms with Crippen molar-refractivity contribution in [2.75, 3.05) is 18.4 Å². The highest BCUT2D eigenvalue weighted by Gasteiger charge is 2.15. The van der Waals surface area contributed by atoms with E-state index in [0.717, 1.165) is 23.7 Å². The number of nitrogens with zero attached hydrogens (tertiary/aromatic N) is 1. The summed E-state index contributed by atoms with van der Waals surface area (Å²) >= 11 is 1.77. The summed E-state index contributed by atoms with van der Waals surface area (Å²) in [5.41, 5.74) is 3.79. The van der Waals surface area contributed by atoms with Crippen LogP contribution in [0.3, 0.4) is 0 Å². The number of anilines is 1. The molecule has 0 unspecified atom stereocenters. The minimum absolute atomic E-state index is 0.577. The van der Waals surface area contributed by atoms with E-state index >= 15 is 0 Å². The van der Waals surface area contributed by atoms with Crippen LogP contribution in [0.1, 0.15) is 24.0 Å². The summed E-state index contributed by atoms with van der Waals surface area (Å²) in [6.45, 7) is 6.53. The highest BCUT2D eigenvalue weighted by atomic mass is 32.1. The lowest BCUT2D eigenvalue weighted by Gasteiger charge is -2.23. The van der Waals surface area contributed by atoms with Gasteiger partial charge in [-0.15, -0.1) is 0 Å². The van der Waals surface area contributed by atoms with Crippen molar-refractivity contribution in [2.45, 2.75) is 32.7 Å². The van der Waals surface area contributed by atoms with Gasteiger partial charge >= 0.3 is 0 Å². The van der Waals surface area contributed by atoms with E-state index < -0.39 is 0 Å². The third kappa shape index (κ3) is 2.22. The lowest BCUT2D eigenvalue weighted by Crippen LogP contribution is -2.35. The van der Waals surface area contributed by atoms with E-state index in [4.69, 9.17) is 4.98 Å². The summed E-state index contributed by atoms with van der Waals surface area (Å²) in [5, 5.41) is 8.05. The molecule has 96 valence electrons. The first-order chi connectivity index (χ1) is 8.74. The average molecular weight is 261 g/mol. The number of rotatable bonds is 2. The number of fused-ring (bicyclic) bond motifs is 1. The molecule has 1 aliphatic rings. The summed E-state index contributed by atoms with van der Waals surface area (Å²) in [4.78, 5) is 4.75. The monoisotopic (exact) mass is 261 g/mol. The predicted molar refractivity (Wildman–Crippen MR) is 78.6 cm³/mol. The topological polar surface area (TPSA) is 37.0 Å². The van der Waals surface area contributed by atoms with Gasteiger partial charge in [-0.25, -0.2) is 4.98 Å².